The molecular weight excluding hydrogens is 290 g/mol. The second-order valence-electron chi connectivity index (χ2n) is 4.23. The summed E-state index contributed by atoms with van der Waals surface area (Å²) in [6.07, 6.45) is 0. The quantitative estimate of drug-likeness (QED) is 0.851. The summed E-state index contributed by atoms with van der Waals surface area (Å²) in [7, 11) is -3.54. The maximum absolute atomic E-state index is 12.1. The molecule has 0 aliphatic heterocycles. The van der Waals surface area contributed by atoms with Crippen LogP contribution in [0.3, 0.4) is 0 Å². The van der Waals surface area contributed by atoms with Crippen molar-refractivity contribution in [3.63, 3.8) is 0 Å². The Bertz CT molecular complexity index is 760. The lowest BCUT2D eigenvalue weighted by Gasteiger charge is -2.11. The minimum Gasteiger partial charge on any atom is -0.449 e. The number of para-hydroxylation sites is 1. The molecule has 0 bridgehead atoms. The first kappa shape index (κ1) is 15.1. The second-order valence-corrected chi connectivity index (χ2v) is 5.96. The van der Waals surface area contributed by atoms with Crippen LogP contribution in [0, 0.1) is 11.3 Å². The molecule has 2 N–H and O–H groups in total. The molecule has 1 heterocycles. The van der Waals surface area contributed by atoms with Gasteiger partial charge in [0.1, 0.15) is 16.7 Å². The molecule has 0 saturated heterocycles. The van der Waals surface area contributed by atoms with Gasteiger partial charge in [-0.05, 0) is 24.3 Å². The van der Waals surface area contributed by atoms with Crippen molar-refractivity contribution >= 4 is 15.7 Å². The van der Waals surface area contributed by atoms with E-state index in [1.807, 2.05) is 6.07 Å². The molecule has 0 aliphatic rings. The summed E-state index contributed by atoms with van der Waals surface area (Å²) in [6.45, 7) is 2.33. The van der Waals surface area contributed by atoms with Crippen LogP contribution in [-0.4, -0.2) is 15.0 Å². The van der Waals surface area contributed by atoms with E-state index in [9.17, 15) is 8.42 Å². The Hall–Kier alpha value is -2.30. The zero-order valence-corrected chi connectivity index (χ0v) is 12.3. The zero-order valence-electron chi connectivity index (χ0n) is 11.5. The Labute approximate surface area is 123 Å². The number of benzene rings is 1. The molecule has 1 aromatic carbocycles. The van der Waals surface area contributed by atoms with Crippen molar-refractivity contribution in [1.82, 2.24) is 4.72 Å². The van der Waals surface area contributed by atoms with Gasteiger partial charge in [0.05, 0.1) is 12.2 Å². The average Bonchev–Trinajstić information content (AvgIpc) is 2.93. The molecule has 2 rings (SSSR count). The lowest BCUT2D eigenvalue weighted by molar-refractivity contribution is 0.506. The molecular formula is C14H15N3O3S. The molecule has 0 aliphatic carbocycles. The highest BCUT2D eigenvalue weighted by Crippen LogP contribution is 2.21. The van der Waals surface area contributed by atoms with E-state index in [-0.39, 0.29) is 10.7 Å². The first-order chi connectivity index (χ1) is 10.1. The first-order valence-electron chi connectivity index (χ1n) is 6.38. The molecule has 0 amide bonds. The lowest BCUT2D eigenvalue weighted by Crippen LogP contribution is -2.24. The molecule has 6 nitrogen and oxygen atoms in total. The van der Waals surface area contributed by atoms with Gasteiger partial charge in [-0.2, -0.15) is 5.26 Å². The van der Waals surface area contributed by atoms with Crippen LogP contribution in [0.4, 0.5) is 5.69 Å². The molecule has 7 heteroatoms. The zero-order chi connectivity index (χ0) is 15.3. The Kier molecular flexibility index (Phi) is 4.62. The Balaban J connectivity index is 2.19. The van der Waals surface area contributed by atoms with E-state index in [1.165, 1.54) is 6.07 Å². The Morgan fingerprint density at radius 1 is 1.24 bits per heavy atom. The highest BCUT2D eigenvalue weighted by molar-refractivity contribution is 7.89. The van der Waals surface area contributed by atoms with E-state index in [0.29, 0.717) is 24.5 Å². The number of sulfonamides is 1. The lowest BCUT2D eigenvalue weighted by atomic mass is 10.3. The third-order valence-corrected chi connectivity index (χ3v) is 4.34. The third-order valence-electron chi connectivity index (χ3n) is 2.74. The van der Waals surface area contributed by atoms with Gasteiger partial charge in [-0.1, -0.05) is 19.1 Å². The highest BCUT2D eigenvalue weighted by Gasteiger charge is 2.17. The van der Waals surface area contributed by atoms with Crippen LogP contribution < -0.4 is 10.0 Å². The van der Waals surface area contributed by atoms with Crippen LogP contribution in [-0.2, 0) is 16.6 Å². The van der Waals surface area contributed by atoms with E-state index in [1.54, 1.807) is 37.3 Å². The van der Waals surface area contributed by atoms with Crippen molar-refractivity contribution in [2.45, 2.75) is 18.4 Å². The Morgan fingerprint density at radius 3 is 2.67 bits per heavy atom. The molecule has 21 heavy (non-hydrogen) atoms. The van der Waals surface area contributed by atoms with Crippen molar-refractivity contribution < 1.29 is 12.8 Å². The SMILES string of the molecule is CCNS(=O)(=O)c1ccccc1NCc1ccc(C#N)o1. The number of furan rings is 1. The predicted octanol–water partition coefficient (Wildman–Crippen LogP) is 2.06. The standard InChI is InChI=1S/C14H15N3O3S/c1-2-17-21(18,19)14-6-4-3-5-13(14)16-10-12-8-7-11(9-15)20-12/h3-8,16-17H,2,10H2,1H3. The molecule has 110 valence electrons. The van der Waals surface area contributed by atoms with Crippen molar-refractivity contribution in [3.05, 3.63) is 47.9 Å². The van der Waals surface area contributed by atoms with Gasteiger partial charge >= 0.3 is 0 Å². The fraction of sp³-hybridized carbons (Fsp3) is 0.214. The molecule has 0 fully saturated rings. The van der Waals surface area contributed by atoms with Gasteiger partial charge < -0.3 is 9.73 Å². The summed E-state index contributed by atoms with van der Waals surface area (Å²) in [6, 6.07) is 11.8. The number of rotatable bonds is 6. The van der Waals surface area contributed by atoms with Gasteiger partial charge in [0.2, 0.25) is 15.8 Å². The molecule has 0 saturated carbocycles. The molecule has 0 atom stereocenters. The minimum atomic E-state index is -3.54. The van der Waals surface area contributed by atoms with E-state index in [2.05, 4.69) is 10.0 Å². The molecule has 2 aromatic rings. The van der Waals surface area contributed by atoms with Crippen LogP contribution in [0.15, 0.2) is 45.7 Å². The second kappa shape index (κ2) is 6.43. The maximum Gasteiger partial charge on any atom is 0.242 e. The maximum atomic E-state index is 12.1. The van der Waals surface area contributed by atoms with Gasteiger partial charge in [-0.25, -0.2) is 13.1 Å². The molecule has 0 radical (unpaired) electrons. The number of nitrogens with zero attached hydrogens (tertiary/aromatic N) is 1. The normalized spacial score (nSPS) is 11.0. The fourth-order valence-corrected chi connectivity index (χ4v) is 3.05. The van der Waals surface area contributed by atoms with Crippen molar-refractivity contribution in [2.24, 2.45) is 0 Å². The van der Waals surface area contributed by atoms with Gasteiger partial charge in [-0.15, -0.1) is 0 Å². The fourth-order valence-electron chi connectivity index (χ4n) is 1.83. The monoisotopic (exact) mass is 305 g/mol. The highest BCUT2D eigenvalue weighted by atomic mass is 32.2. The van der Waals surface area contributed by atoms with E-state index >= 15 is 0 Å². The number of nitriles is 1. The summed E-state index contributed by atoms with van der Waals surface area (Å²) in [5, 5.41) is 11.7. The van der Waals surface area contributed by atoms with Crippen molar-refractivity contribution in [3.8, 4) is 6.07 Å². The van der Waals surface area contributed by atoms with Crippen LogP contribution in [0.5, 0.6) is 0 Å². The summed E-state index contributed by atoms with van der Waals surface area (Å²) in [5.74, 6) is 0.780. The predicted molar refractivity (Wildman–Crippen MR) is 78.1 cm³/mol. The van der Waals surface area contributed by atoms with Crippen molar-refractivity contribution in [1.29, 1.82) is 5.26 Å². The topological polar surface area (TPSA) is 95.1 Å². The minimum absolute atomic E-state index is 0.180. The van der Waals surface area contributed by atoms with Crippen LogP contribution in [0.1, 0.15) is 18.4 Å². The average molecular weight is 305 g/mol. The van der Waals surface area contributed by atoms with Crippen LogP contribution >= 0.6 is 0 Å². The summed E-state index contributed by atoms with van der Waals surface area (Å²) >= 11 is 0. The molecule has 0 spiro atoms. The van der Waals surface area contributed by atoms with E-state index < -0.39 is 10.0 Å². The van der Waals surface area contributed by atoms with Gasteiger partial charge in [0.25, 0.3) is 0 Å². The number of anilines is 1. The van der Waals surface area contributed by atoms with E-state index in [0.717, 1.165) is 0 Å². The summed E-state index contributed by atoms with van der Waals surface area (Å²) in [4.78, 5) is 0.180. The van der Waals surface area contributed by atoms with Gasteiger partial charge in [-0.3, -0.25) is 0 Å². The largest absolute Gasteiger partial charge is 0.449 e. The molecule has 0 unspecified atom stereocenters. The van der Waals surface area contributed by atoms with E-state index in [4.69, 9.17) is 9.68 Å². The summed E-state index contributed by atoms with van der Waals surface area (Å²) in [5.41, 5.74) is 0.480. The first-order valence-corrected chi connectivity index (χ1v) is 7.86. The third kappa shape index (κ3) is 3.62. The van der Waals surface area contributed by atoms with Gasteiger partial charge in [0.15, 0.2) is 0 Å². The van der Waals surface area contributed by atoms with Crippen LogP contribution in [0.2, 0.25) is 0 Å². The number of hydrogen-bond donors (Lipinski definition) is 2. The summed E-state index contributed by atoms with van der Waals surface area (Å²) < 4.78 is 31.9. The van der Waals surface area contributed by atoms with Crippen molar-refractivity contribution in [2.75, 3.05) is 11.9 Å². The number of nitrogens with one attached hydrogen (secondary N) is 2. The smallest absolute Gasteiger partial charge is 0.242 e. The molecule has 1 aromatic heterocycles. The van der Waals surface area contributed by atoms with Crippen LogP contribution in [0.25, 0.3) is 0 Å². The Morgan fingerprint density at radius 2 is 2.00 bits per heavy atom. The van der Waals surface area contributed by atoms with Gasteiger partial charge in [0, 0.05) is 6.54 Å². The number of hydrogen-bond acceptors (Lipinski definition) is 5.